The number of benzene rings is 1. The van der Waals surface area contributed by atoms with E-state index in [1.54, 1.807) is 24.4 Å². The van der Waals surface area contributed by atoms with Crippen molar-refractivity contribution in [3.63, 3.8) is 0 Å². The summed E-state index contributed by atoms with van der Waals surface area (Å²) in [5, 5.41) is 3.85. The SMILES string of the molecule is Nc1ncc(-c2ccc(-c3cccnc3S(=O)C3CCNCC3)cc2F)cn1. The lowest BCUT2D eigenvalue weighted by Crippen LogP contribution is -2.33. The fraction of sp³-hybridized carbons (Fsp3) is 0.250. The molecule has 0 bridgehead atoms. The first-order valence-electron chi connectivity index (χ1n) is 9.07. The van der Waals surface area contributed by atoms with E-state index in [1.165, 1.54) is 18.5 Å². The number of nitrogens with zero attached hydrogens (tertiary/aromatic N) is 3. The average Bonchev–Trinajstić information content (AvgIpc) is 2.74. The number of hydrogen-bond donors (Lipinski definition) is 2. The maximum Gasteiger partial charge on any atom is 0.219 e. The molecule has 28 heavy (non-hydrogen) atoms. The highest BCUT2D eigenvalue weighted by Crippen LogP contribution is 2.31. The molecule has 144 valence electrons. The molecule has 1 aliphatic rings. The Kier molecular flexibility index (Phi) is 5.40. The van der Waals surface area contributed by atoms with Crippen LogP contribution in [0.25, 0.3) is 22.3 Å². The average molecular weight is 397 g/mol. The Bertz CT molecular complexity index is 1010. The third kappa shape index (κ3) is 3.79. The molecule has 3 N–H and O–H groups in total. The molecule has 3 heterocycles. The van der Waals surface area contributed by atoms with Crippen molar-refractivity contribution in [3.8, 4) is 22.3 Å². The van der Waals surface area contributed by atoms with Crippen molar-refractivity contribution in [1.29, 1.82) is 0 Å². The second kappa shape index (κ2) is 8.12. The first-order chi connectivity index (χ1) is 13.6. The van der Waals surface area contributed by atoms with Gasteiger partial charge in [-0.3, -0.25) is 4.21 Å². The molecule has 0 spiro atoms. The highest BCUT2D eigenvalue weighted by molar-refractivity contribution is 7.85. The summed E-state index contributed by atoms with van der Waals surface area (Å²) in [5.74, 6) is -0.269. The van der Waals surface area contributed by atoms with E-state index < -0.39 is 16.6 Å². The summed E-state index contributed by atoms with van der Waals surface area (Å²) in [6.45, 7) is 1.71. The summed E-state index contributed by atoms with van der Waals surface area (Å²) in [6, 6.07) is 8.52. The van der Waals surface area contributed by atoms with Crippen molar-refractivity contribution in [3.05, 3.63) is 54.7 Å². The van der Waals surface area contributed by atoms with E-state index in [2.05, 4.69) is 20.3 Å². The van der Waals surface area contributed by atoms with Gasteiger partial charge in [0, 0.05) is 40.5 Å². The zero-order valence-corrected chi connectivity index (χ0v) is 16.0. The molecular weight excluding hydrogens is 377 g/mol. The van der Waals surface area contributed by atoms with E-state index >= 15 is 0 Å². The maximum absolute atomic E-state index is 14.8. The molecule has 0 saturated carbocycles. The van der Waals surface area contributed by atoms with Crippen LogP contribution in [0, 0.1) is 5.82 Å². The van der Waals surface area contributed by atoms with Gasteiger partial charge in [-0.2, -0.15) is 0 Å². The smallest absolute Gasteiger partial charge is 0.219 e. The summed E-state index contributed by atoms with van der Waals surface area (Å²) in [5.41, 5.74) is 7.76. The zero-order valence-electron chi connectivity index (χ0n) is 15.1. The minimum atomic E-state index is -1.24. The third-order valence-electron chi connectivity index (χ3n) is 4.81. The zero-order chi connectivity index (χ0) is 19.5. The Balaban J connectivity index is 1.69. The predicted molar refractivity (Wildman–Crippen MR) is 107 cm³/mol. The quantitative estimate of drug-likeness (QED) is 0.703. The molecule has 1 aliphatic heterocycles. The second-order valence-corrected chi connectivity index (χ2v) is 8.28. The number of aromatic nitrogens is 3. The van der Waals surface area contributed by atoms with Crippen LogP contribution in [0.3, 0.4) is 0 Å². The third-order valence-corrected chi connectivity index (χ3v) is 6.60. The number of halogens is 1. The first kappa shape index (κ1) is 18.6. The number of pyridine rings is 1. The molecule has 0 radical (unpaired) electrons. The van der Waals surface area contributed by atoms with Crippen molar-refractivity contribution in [2.45, 2.75) is 23.1 Å². The van der Waals surface area contributed by atoms with Crippen LogP contribution >= 0.6 is 0 Å². The Morgan fingerprint density at radius 3 is 2.50 bits per heavy atom. The van der Waals surface area contributed by atoms with Gasteiger partial charge in [0.05, 0.1) is 10.8 Å². The lowest BCUT2D eigenvalue weighted by atomic mass is 10.0. The summed E-state index contributed by atoms with van der Waals surface area (Å²) in [7, 11) is -1.24. The monoisotopic (exact) mass is 397 g/mol. The highest BCUT2D eigenvalue weighted by Gasteiger charge is 2.24. The van der Waals surface area contributed by atoms with Crippen LogP contribution in [0.1, 0.15) is 12.8 Å². The number of rotatable bonds is 4. The van der Waals surface area contributed by atoms with E-state index in [9.17, 15) is 8.60 Å². The van der Waals surface area contributed by atoms with Crippen molar-refractivity contribution >= 4 is 16.7 Å². The number of anilines is 1. The molecule has 1 unspecified atom stereocenters. The molecule has 3 aromatic rings. The van der Waals surface area contributed by atoms with E-state index in [0.29, 0.717) is 27.3 Å². The van der Waals surface area contributed by atoms with Gasteiger partial charge in [0.15, 0.2) is 0 Å². The summed E-state index contributed by atoms with van der Waals surface area (Å²) >= 11 is 0. The highest BCUT2D eigenvalue weighted by atomic mass is 32.2. The van der Waals surface area contributed by atoms with Crippen molar-refractivity contribution in [2.24, 2.45) is 0 Å². The molecular formula is C20H20FN5OS. The van der Waals surface area contributed by atoms with Gasteiger partial charge in [0.25, 0.3) is 0 Å². The molecule has 6 nitrogen and oxygen atoms in total. The van der Waals surface area contributed by atoms with Gasteiger partial charge in [0.2, 0.25) is 5.95 Å². The van der Waals surface area contributed by atoms with E-state index in [1.807, 2.05) is 6.07 Å². The minimum Gasteiger partial charge on any atom is -0.368 e. The standard InChI is InChI=1S/C20H20FN5OS/c21-18-10-13(3-4-16(18)14-11-25-20(22)26-12-14)17-2-1-7-24-19(17)28(27)15-5-8-23-9-6-15/h1-4,7,10-12,15,23H,5-6,8-9H2,(H2,22,25,26). The van der Waals surface area contributed by atoms with Gasteiger partial charge in [-0.15, -0.1) is 0 Å². The number of nitrogen functional groups attached to an aromatic ring is 1. The number of piperidine rings is 1. The normalized spacial score (nSPS) is 16.0. The fourth-order valence-electron chi connectivity index (χ4n) is 3.33. The summed E-state index contributed by atoms with van der Waals surface area (Å²) < 4.78 is 27.9. The van der Waals surface area contributed by atoms with E-state index in [-0.39, 0.29) is 11.2 Å². The summed E-state index contributed by atoms with van der Waals surface area (Å²) in [6.07, 6.45) is 6.29. The molecule has 0 aliphatic carbocycles. The second-order valence-electron chi connectivity index (χ2n) is 6.63. The van der Waals surface area contributed by atoms with Crippen LogP contribution < -0.4 is 11.1 Å². The van der Waals surface area contributed by atoms with Crippen LogP contribution in [-0.4, -0.2) is 37.5 Å². The molecule has 8 heteroatoms. The number of nitrogens with one attached hydrogen (secondary N) is 1. The van der Waals surface area contributed by atoms with Crippen LogP contribution in [-0.2, 0) is 10.8 Å². The van der Waals surface area contributed by atoms with Gasteiger partial charge in [-0.05, 0) is 43.6 Å². The molecule has 2 aromatic heterocycles. The number of hydrogen-bond acceptors (Lipinski definition) is 6. The largest absolute Gasteiger partial charge is 0.368 e. The van der Waals surface area contributed by atoms with Crippen LogP contribution in [0.15, 0.2) is 53.9 Å². The van der Waals surface area contributed by atoms with Gasteiger partial charge >= 0.3 is 0 Å². The Morgan fingerprint density at radius 2 is 1.79 bits per heavy atom. The van der Waals surface area contributed by atoms with Crippen LogP contribution in [0.4, 0.5) is 10.3 Å². The van der Waals surface area contributed by atoms with Crippen molar-refractivity contribution in [2.75, 3.05) is 18.8 Å². The topological polar surface area (TPSA) is 93.8 Å². The molecule has 0 amide bonds. The fourth-order valence-corrected chi connectivity index (χ4v) is 4.88. The lowest BCUT2D eigenvalue weighted by Gasteiger charge is -2.22. The van der Waals surface area contributed by atoms with Gasteiger partial charge in [0.1, 0.15) is 10.8 Å². The Labute approximate surface area is 164 Å². The molecule has 4 rings (SSSR count). The lowest BCUT2D eigenvalue weighted by molar-refractivity contribution is 0.519. The number of nitrogens with two attached hydrogens (primary N) is 1. The van der Waals surface area contributed by atoms with Crippen LogP contribution in [0.5, 0.6) is 0 Å². The first-order valence-corrected chi connectivity index (χ1v) is 10.3. The Hall–Kier alpha value is -2.71. The van der Waals surface area contributed by atoms with E-state index in [0.717, 1.165) is 25.9 Å². The minimum absolute atomic E-state index is 0.0611. The molecule has 1 aromatic carbocycles. The van der Waals surface area contributed by atoms with Crippen molar-refractivity contribution < 1.29 is 8.60 Å². The molecule has 1 fully saturated rings. The van der Waals surface area contributed by atoms with E-state index in [4.69, 9.17) is 5.73 Å². The molecule has 1 atom stereocenters. The predicted octanol–water partition coefficient (Wildman–Crippen LogP) is 2.79. The Morgan fingerprint density at radius 1 is 1.04 bits per heavy atom. The van der Waals surface area contributed by atoms with Gasteiger partial charge in [-0.1, -0.05) is 18.2 Å². The van der Waals surface area contributed by atoms with Crippen LogP contribution in [0.2, 0.25) is 0 Å². The maximum atomic E-state index is 14.8. The molecule has 1 saturated heterocycles. The summed E-state index contributed by atoms with van der Waals surface area (Å²) in [4.78, 5) is 12.2. The van der Waals surface area contributed by atoms with Gasteiger partial charge in [-0.25, -0.2) is 19.3 Å². The van der Waals surface area contributed by atoms with Gasteiger partial charge < -0.3 is 11.1 Å². The van der Waals surface area contributed by atoms with Crippen molar-refractivity contribution in [1.82, 2.24) is 20.3 Å².